The van der Waals surface area contributed by atoms with Crippen molar-refractivity contribution in [3.8, 4) is 0 Å². The van der Waals surface area contributed by atoms with E-state index < -0.39 is 5.41 Å². The summed E-state index contributed by atoms with van der Waals surface area (Å²) in [6.07, 6.45) is 0. The van der Waals surface area contributed by atoms with Crippen molar-refractivity contribution in [3.05, 3.63) is 35.4 Å². The summed E-state index contributed by atoms with van der Waals surface area (Å²) in [5.41, 5.74) is 7.89. The van der Waals surface area contributed by atoms with Gasteiger partial charge in [0.15, 0.2) is 5.84 Å². The monoisotopic (exact) mass is 259 g/mol. The third kappa shape index (κ3) is 3.74. The summed E-state index contributed by atoms with van der Waals surface area (Å²) in [4.78, 5) is 11.5. The number of hydrogen-bond acceptors (Lipinski definition) is 3. The van der Waals surface area contributed by atoms with Crippen LogP contribution in [0.25, 0.3) is 0 Å². The van der Waals surface area contributed by atoms with Crippen LogP contribution in [0.15, 0.2) is 34.5 Å². The minimum absolute atomic E-state index is 0.0536. The molecule has 0 unspecified atom stereocenters. The van der Waals surface area contributed by atoms with Crippen LogP contribution in [0.3, 0.4) is 0 Å². The molecule has 2 N–H and O–H groups in total. The molecule has 0 aliphatic rings. The smallest absolute Gasteiger partial charge is 0.153 e. The van der Waals surface area contributed by atoms with Crippen molar-refractivity contribution in [3.63, 3.8) is 0 Å². The molecular formula is C15H21N3O. The van der Waals surface area contributed by atoms with E-state index in [4.69, 9.17) is 5.73 Å². The Bertz CT molecular complexity index is 525. The number of ketones is 1. The summed E-state index contributed by atoms with van der Waals surface area (Å²) in [5, 5.41) is 8.08. The van der Waals surface area contributed by atoms with Crippen LogP contribution in [0.1, 0.15) is 38.8 Å². The standard InChI is InChI=1S/C15H21N3O/c1-10-6-8-13(9-7-10)14(16)18-17-11(2)15(4,5)12(3)19/h6-9H,1-5H3,(H2,16,18). The van der Waals surface area contributed by atoms with E-state index in [9.17, 15) is 4.79 Å². The topological polar surface area (TPSA) is 67.8 Å². The number of Topliss-reactive ketones (excluding diaryl/α,β-unsaturated/α-hetero) is 1. The zero-order valence-corrected chi connectivity index (χ0v) is 12.2. The average molecular weight is 259 g/mol. The fourth-order valence-electron chi connectivity index (χ4n) is 1.29. The highest BCUT2D eigenvalue weighted by Gasteiger charge is 2.27. The fourth-order valence-corrected chi connectivity index (χ4v) is 1.29. The summed E-state index contributed by atoms with van der Waals surface area (Å²) < 4.78 is 0. The van der Waals surface area contributed by atoms with Gasteiger partial charge in [-0.3, -0.25) is 4.79 Å². The predicted octanol–water partition coefficient (Wildman–Crippen LogP) is 2.69. The molecule has 0 aliphatic carbocycles. The SMILES string of the molecule is CC(=O)C(C)(C)C(C)=N/N=C(\N)c1ccc(C)cc1. The summed E-state index contributed by atoms with van der Waals surface area (Å²) in [5.74, 6) is 0.400. The number of benzene rings is 1. The lowest BCUT2D eigenvalue weighted by Crippen LogP contribution is -2.29. The molecule has 0 fully saturated rings. The number of amidine groups is 1. The van der Waals surface area contributed by atoms with E-state index in [1.54, 1.807) is 13.8 Å². The molecule has 0 atom stereocenters. The first-order valence-corrected chi connectivity index (χ1v) is 6.21. The Morgan fingerprint density at radius 2 is 1.63 bits per heavy atom. The lowest BCUT2D eigenvalue weighted by molar-refractivity contribution is -0.121. The molecule has 0 heterocycles. The van der Waals surface area contributed by atoms with Gasteiger partial charge < -0.3 is 5.73 Å². The largest absolute Gasteiger partial charge is 0.382 e. The lowest BCUT2D eigenvalue weighted by Gasteiger charge is -2.19. The van der Waals surface area contributed by atoms with E-state index >= 15 is 0 Å². The molecule has 0 saturated heterocycles. The number of rotatable bonds is 4. The molecule has 19 heavy (non-hydrogen) atoms. The van der Waals surface area contributed by atoms with Gasteiger partial charge in [-0.05, 0) is 34.6 Å². The normalized spacial score (nSPS) is 13.5. The molecule has 4 nitrogen and oxygen atoms in total. The Kier molecular flexibility index (Phi) is 4.59. The molecule has 1 rings (SSSR count). The van der Waals surface area contributed by atoms with Crippen LogP contribution in [-0.2, 0) is 4.79 Å². The molecule has 0 aliphatic heterocycles. The Labute approximate surface area is 114 Å². The van der Waals surface area contributed by atoms with Crippen molar-refractivity contribution >= 4 is 17.3 Å². The van der Waals surface area contributed by atoms with Gasteiger partial charge in [-0.2, -0.15) is 5.10 Å². The first kappa shape index (κ1) is 15.1. The van der Waals surface area contributed by atoms with Gasteiger partial charge in [-0.25, -0.2) is 0 Å². The van der Waals surface area contributed by atoms with Gasteiger partial charge in [0.2, 0.25) is 0 Å². The second-order valence-corrected chi connectivity index (χ2v) is 5.22. The Morgan fingerprint density at radius 1 is 1.11 bits per heavy atom. The first-order chi connectivity index (χ1) is 8.75. The van der Waals surface area contributed by atoms with Crippen molar-refractivity contribution in [2.75, 3.05) is 0 Å². The van der Waals surface area contributed by atoms with E-state index in [0.29, 0.717) is 11.5 Å². The molecule has 0 spiro atoms. The summed E-state index contributed by atoms with van der Waals surface area (Å²) in [6, 6.07) is 7.73. The zero-order chi connectivity index (χ0) is 14.6. The van der Waals surface area contributed by atoms with Crippen LogP contribution in [0.5, 0.6) is 0 Å². The van der Waals surface area contributed by atoms with Gasteiger partial charge in [0, 0.05) is 5.56 Å². The van der Waals surface area contributed by atoms with Crippen molar-refractivity contribution < 1.29 is 4.79 Å². The van der Waals surface area contributed by atoms with Gasteiger partial charge in [-0.1, -0.05) is 29.8 Å². The molecule has 0 aromatic heterocycles. The molecule has 1 aromatic rings. The van der Waals surface area contributed by atoms with Gasteiger partial charge in [0.25, 0.3) is 0 Å². The zero-order valence-electron chi connectivity index (χ0n) is 12.2. The van der Waals surface area contributed by atoms with Crippen LogP contribution in [-0.4, -0.2) is 17.3 Å². The van der Waals surface area contributed by atoms with Gasteiger partial charge in [-0.15, -0.1) is 5.10 Å². The number of carbonyl (C=O) groups is 1. The highest BCUT2D eigenvalue weighted by molar-refractivity contribution is 6.07. The third-order valence-corrected chi connectivity index (χ3v) is 3.44. The number of carbonyl (C=O) groups excluding carboxylic acids is 1. The van der Waals surface area contributed by atoms with Gasteiger partial charge >= 0.3 is 0 Å². The number of nitrogens with two attached hydrogens (primary N) is 1. The highest BCUT2D eigenvalue weighted by atomic mass is 16.1. The number of hydrogen-bond donors (Lipinski definition) is 1. The molecule has 4 heteroatoms. The fraction of sp³-hybridized carbons (Fsp3) is 0.400. The summed E-state index contributed by atoms with van der Waals surface area (Å²) >= 11 is 0. The number of nitrogens with zero attached hydrogens (tertiary/aromatic N) is 2. The molecule has 0 amide bonds. The van der Waals surface area contributed by atoms with Crippen molar-refractivity contribution in [2.24, 2.45) is 21.4 Å². The van der Waals surface area contributed by atoms with Gasteiger partial charge in [0.1, 0.15) is 5.78 Å². The van der Waals surface area contributed by atoms with Crippen LogP contribution in [0.2, 0.25) is 0 Å². The molecule has 1 aromatic carbocycles. The highest BCUT2D eigenvalue weighted by Crippen LogP contribution is 2.19. The van der Waals surface area contributed by atoms with Crippen LogP contribution < -0.4 is 5.73 Å². The number of aryl methyl sites for hydroxylation is 1. The van der Waals surface area contributed by atoms with Gasteiger partial charge in [0.05, 0.1) is 11.1 Å². The van der Waals surface area contributed by atoms with E-state index in [1.165, 1.54) is 0 Å². The van der Waals surface area contributed by atoms with E-state index in [2.05, 4.69) is 10.2 Å². The molecule has 102 valence electrons. The summed E-state index contributed by atoms with van der Waals surface area (Å²) in [6.45, 7) is 8.99. The Hall–Kier alpha value is -1.97. The maximum atomic E-state index is 11.5. The molecule has 0 saturated carbocycles. The van der Waals surface area contributed by atoms with Crippen LogP contribution in [0.4, 0.5) is 0 Å². The minimum atomic E-state index is -0.614. The maximum Gasteiger partial charge on any atom is 0.153 e. The third-order valence-electron chi connectivity index (χ3n) is 3.44. The maximum absolute atomic E-state index is 11.5. The lowest BCUT2D eigenvalue weighted by atomic mass is 9.84. The quantitative estimate of drug-likeness (QED) is 0.513. The van der Waals surface area contributed by atoms with E-state index in [-0.39, 0.29) is 5.78 Å². The second-order valence-electron chi connectivity index (χ2n) is 5.22. The second kappa shape index (κ2) is 5.78. The molecule has 0 bridgehead atoms. The van der Waals surface area contributed by atoms with E-state index in [1.807, 2.05) is 45.0 Å². The van der Waals surface area contributed by atoms with Crippen molar-refractivity contribution in [2.45, 2.75) is 34.6 Å². The summed E-state index contributed by atoms with van der Waals surface area (Å²) in [7, 11) is 0. The minimum Gasteiger partial charge on any atom is -0.382 e. The predicted molar refractivity (Wildman–Crippen MR) is 79.5 cm³/mol. The Morgan fingerprint density at radius 3 is 2.11 bits per heavy atom. The van der Waals surface area contributed by atoms with Crippen molar-refractivity contribution in [1.29, 1.82) is 0 Å². The first-order valence-electron chi connectivity index (χ1n) is 6.21. The average Bonchev–Trinajstić information content (AvgIpc) is 2.36. The Balaban J connectivity index is 2.97. The molecular weight excluding hydrogens is 238 g/mol. The van der Waals surface area contributed by atoms with Crippen LogP contribution in [0, 0.1) is 12.3 Å². The van der Waals surface area contributed by atoms with Crippen molar-refractivity contribution in [1.82, 2.24) is 0 Å². The molecule has 0 radical (unpaired) electrons. The van der Waals surface area contributed by atoms with Crippen LogP contribution >= 0.6 is 0 Å². The van der Waals surface area contributed by atoms with E-state index in [0.717, 1.165) is 11.1 Å².